The van der Waals surface area contributed by atoms with Gasteiger partial charge < -0.3 is 23.9 Å². The largest absolute Gasteiger partial charge is 0.476 e. The summed E-state index contributed by atoms with van der Waals surface area (Å²) in [6, 6.07) is 12.5. The standard InChI is InChI=1S/C30H29NO8S/c1-6-36-29(34)23-18(5)27(30(35)37-7-2)40-28(23)31-22(32)15-38-26-24(33)20-13-16(3)17(4)14-21(20)39-25(26)19-11-9-8-10-12-19/h8-14H,6-7,15H2,1-5H3,(H,31,32). The van der Waals surface area contributed by atoms with Gasteiger partial charge in [-0.15, -0.1) is 11.3 Å². The van der Waals surface area contributed by atoms with Crippen LogP contribution in [-0.4, -0.2) is 37.7 Å². The Balaban J connectivity index is 1.68. The molecule has 10 heteroatoms. The summed E-state index contributed by atoms with van der Waals surface area (Å²) in [4.78, 5) is 51.8. The number of esters is 2. The van der Waals surface area contributed by atoms with Gasteiger partial charge in [-0.05, 0) is 63.4 Å². The molecule has 40 heavy (non-hydrogen) atoms. The number of thiophene rings is 1. The molecule has 0 aliphatic heterocycles. The molecule has 0 fully saturated rings. The Morgan fingerprint density at radius 3 is 2.25 bits per heavy atom. The molecule has 0 radical (unpaired) electrons. The number of fused-ring (bicyclic) bond motifs is 1. The summed E-state index contributed by atoms with van der Waals surface area (Å²) in [5.74, 6) is -1.87. The van der Waals surface area contributed by atoms with E-state index in [4.69, 9.17) is 18.6 Å². The van der Waals surface area contributed by atoms with Gasteiger partial charge in [-0.1, -0.05) is 30.3 Å². The van der Waals surface area contributed by atoms with Crippen LogP contribution in [0.4, 0.5) is 5.00 Å². The van der Waals surface area contributed by atoms with E-state index in [1.165, 1.54) is 0 Å². The van der Waals surface area contributed by atoms with Crippen molar-refractivity contribution >= 4 is 45.2 Å². The van der Waals surface area contributed by atoms with Gasteiger partial charge in [-0.3, -0.25) is 9.59 Å². The minimum absolute atomic E-state index is 0.0595. The molecule has 208 valence electrons. The highest BCUT2D eigenvalue weighted by Crippen LogP contribution is 2.35. The Morgan fingerprint density at radius 2 is 1.57 bits per heavy atom. The van der Waals surface area contributed by atoms with E-state index in [0.29, 0.717) is 22.1 Å². The van der Waals surface area contributed by atoms with Gasteiger partial charge in [-0.25, -0.2) is 9.59 Å². The Hall–Kier alpha value is -4.44. The van der Waals surface area contributed by atoms with Crippen LogP contribution < -0.4 is 15.5 Å². The molecule has 4 rings (SSSR count). The van der Waals surface area contributed by atoms with E-state index < -0.39 is 29.9 Å². The van der Waals surface area contributed by atoms with Crippen molar-refractivity contribution in [1.82, 2.24) is 0 Å². The number of carbonyl (C=O) groups is 3. The molecule has 0 aliphatic carbocycles. The van der Waals surface area contributed by atoms with Crippen molar-refractivity contribution in [2.24, 2.45) is 0 Å². The molecule has 1 amide bonds. The number of amides is 1. The van der Waals surface area contributed by atoms with Crippen LogP contribution in [0, 0.1) is 20.8 Å². The fourth-order valence-electron chi connectivity index (χ4n) is 4.09. The number of benzene rings is 2. The molecule has 1 N–H and O–H groups in total. The molecule has 0 aliphatic rings. The first-order valence-electron chi connectivity index (χ1n) is 12.7. The first-order chi connectivity index (χ1) is 19.2. The molecular formula is C30H29NO8S. The smallest absolute Gasteiger partial charge is 0.348 e. The third-order valence-corrected chi connectivity index (χ3v) is 7.38. The molecule has 0 saturated heterocycles. The minimum atomic E-state index is -0.685. The molecule has 2 aromatic heterocycles. The first kappa shape index (κ1) is 28.6. The van der Waals surface area contributed by atoms with Gasteiger partial charge in [0, 0.05) is 5.56 Å². The Labute approximate surface area is 234 Å². The fraction of sp³-hybridized carbons (Fsp3) is 0.267. The number of rotatable bonds is 9. The first-order valence-corrected chi connectivity index (χ1v) is 13.5. The maximum absolute atomic E-state index is 13.5. The third-order valence-electron chi connectivity index (χ3n) is 6.19. The quantitative estimate of drug-likeness (QED) is 0.253. The molecule has 0 spiro atoms. The second-order valence-electron chi connectivity index (χ2n) is 8.93. The summed E-state index contributed by atoms with van der Waals surface area (Å²) in [5.41, 5.74) is 2.87. The molecule has 0 bridgehead atoms. The number of hydrogen-bond acceptors (Lipinski definition) is 9. The van der Waals surface area contributed by atoms with E-state index in [2.05, 4.69) is 5.32 Å². The zero-order valence-electron chi connectivity index (χ0n) is 22.8. The number of ether oxygens (including phenoxy) is 3. The van der Waals surface area contributed by atoms with Gasteiger partial charge in [-0.2, -0.15) is 0 Å². The average Bonchev–Trinajstić information content (AvgIpc) is 3.25. The number of nitrogens with one attached hydrogen (secondary N) is 1. The monoisotopic (exact) mass is 563 g/mol. The summed E-state index contributed by atoms with van der Waals surface area (Å²) in [7, 11) is 0. The summed E-state index contributed by atoms with van der Waals surface area (Å²) in [6.45, 7) is 8.42. The van der Waals surface area contributed by atoms with E-state index in [0.717, 1.165) is 22.5 Å². The zero-order valence-corrected chi connectivity index (χ0v) is 23.7. The molecule has 0 saturated carbocycles. The fourth-order valence-corrected chi connectivity index (χ4v) is 5.19. The van der Waals surface area contributed by atoms with Gasteiger partial charge in [0.05, 0.1) is 24.2 Å². The zero-order chi connectivity index (χ0) is 29.0. The number of hydrogen-bond donors (Lipinski definition) is 1. The third kappa shape index (κ3) is 5.76. The average molecular weight is 564 g/mol. The van der Waals surface area contributed by atoms with Gasteiger partial charge in [0.25, 0.3) is 5.91 Å². The van der Waals surface area contributed by atoms with Gasteiger partial charge >= 0.3 is 11.9 Å². The van der Waals surface area contributed by atoms with Crippen molar-refractivity contribution in [2.75, 3.05) is 25.1 Å². The van der Waals surface area contributed by atoms with Crippen LogP contribution >= 0.6 is 11.3 Å². The van der Waals surface area contributed by atoms with Gasteiger partial charge in [0.1, 0.15) is 15.5 Å². The summed E-state index contributed by atoms with van der Waals surface area (Å²) < 4.78 is 22.1. The predicted octanol–water partition coefficient (Wildman–Crippen LogP) is 5.82. The summed E-state index contributed by atoms with van der Waals surface area (Å²) in [5, 5.41) is 3.07. The lowest BCUT2D eigenvalue weighted by Gasteiger charge is -2.13. The van der Waals surface area contributed by atoms with Gasteiger partial charge in [0.15, 0.2) is 12.4 Å². The Kier molecular flexibility index (Phi) is 8.69. The van der Waals surface area contributed by atoms with E-state index >= 15 is 0 Å². The maximum atomic E-state index is 13.5. The molecule has 0 atom stereocenters. The molecule has 2 heterocycles. The topological polar surface area (TPSA) is 121 Å². The number of carbonyl (C=O) groups excluding carboxylic acids is 3. The predicted molar refractivity (Wildman–Crippen MR) is 152 cm³/mol. The molecule has 0 unspecified atom stereocenters. The highest BCUT2D eigenvalue weighted by Gasteiger charge is 2.28. The second kappa shape index (κ2) is 12.2. The van der Waals surface area contributed by atoms with Crippen molar-refractivity contribution in [3.63, 3.8) is 0 Å². The van der Waals surface area contributed by atoms with Crippen molar-refractivity contribution in [3.05, 3.63) is 79.8 Å². The molecule has 4 aromatic rings. The van der Waals surface area contributed by atoms with Crippen molar-refractivity contribution in [3.8, 4) is 17.1 Å². The highest BCUT2D eigenvalue weighted by atomic mass is 32.1. The minimum Gasteiger partial charge on any atom is -0.476 e. The van der Waals surface area contributed by atoms with E-state index in [1.54, 1.807) is 57.2 Å². The van der Waals surface area contributed by atoms with Crippen LogP contribution in [0.5, 0.6) is 5.75 Å². The number of anilines is 1. The molecule has 2 aromatic carbocycles. The van der Waals surface area contributed by atoms with Crippen LogP contribution in [0.1, 0.15) is 50.6 Å². The summed E-state index contributed by atoms with van der Waals surface area (Å²) in [6.07, 6.45) is 0. The van der Waals surface area contributed by atoms with Crippen molar-refractivity contribution in [2.45, 2.75) is 34.6 Å². The van der Waals surface area contributed by atoms with E-state index in [1.807, 2.05) is 19.9 Å². The van der Waals surface area contributed by atoms with Crippen molar-refractivity contribution < 1.29 is 33.0 Å². The summed E-state index contributed by atoms with van der Waals surface area (Å²) >= 11 is 0.903. The highest BCUT2D eigenvalue weighted by molar-refractivity contribution is 7.18. The van der Waals surface area contributed by atoms with Crippen LogP contribution in [0.15, 0.2) is 51.7 Å². The number of aryl methyl sites for hydroxylation is 2. The van der Waals surface area contributed by atoms with Crippen LogP contribution in [0.2, 0.25) is 0 Å². The van der Waals surface area contributed by atoms with E-state index in [9.17, 15) is 19.2 Å². The SMILES string of the molecule is CCOC(=O)c1sc(NC(=O)COc2c(-c3ccccc3)oc3cc(C)c(C)cc3c2=O)c(C(=O)OCC)c1C. The lowest BCUT2D eigenvalue weighted by atomic mass is 10.0. The van der Waals surface area contributed by atoms with Crippen LogP contribution in [-0.2, 0) is 14.3 Å². The normalized spacial score (nSPS) is 10.8. The van der Waals surface area contributed by atoms with Crippen molar-refractivity contribution in [1.29, 1.82) is 0 Å². The van der Waals surface area contributed by atoms with Crippen LogP contribution in [0.3, 0.4) is 0 Å². The van der Waals surface area contributed by atoms with E-state index in [-0.39, 0.29) is 40.2 Å². The Bertz CT molecular complexity index is 1650. The maximum Gasteiger partial charge on any atom is 0.348 e. The lowest BCUT2D eigenvalue weighted by molar-refractivity contribution is -0.118. The second-order valence-corrected chi connectivity index (χ2v) is 9.95. The van der Waals surface area contributed by atoms with Crippen LogP contribution in [0.25, 0.3) is 22.3 Å². The lowest BCUT2D eigenvalue weighted by Crippen LogP contribution is -2.23. The molecule has 9 nitrogen and oxygen atoms in total. The van der Waals surface area contributed by atoms with Gasteiger partial charge in [0.2, 0.25) is 11.2 Å². The Morgan fingerprint density at radius 1 is 0.925 bits per heavy atom. The molecular weight excluding hydrogens is 534 g/mol.